The van der Waals surface area contributed by atoms with Gasteiger partial charge in [0.2, 0.25) is 23.6 Å². The molecule has 0 radical (unpaired) electrons. The number of aliphatic hydroxyl groups excluding tert-OH is 2. The Morgan fingerprint density at radius 1 is 0.804 bits per heavy atom. The van der Waals surface area contributed by atoms with Crippen molar-refractivity contribution in [2.24, 2.45) is 23.7 Å². The van der Waals surface area contributed by atoms with Gasteiger partial charge in [-0.3, -0.25) is 19.2 Å². The molecule has 0 aromatic heterocycles. The van der Waals surface area contributed by atoms with Crippen LogP contribution in [0.5, 0.6) is 0 Å². The number of carbonyl (C=O) groups excluding carboxylic acids is 4. The SMILES string of the molecule is CC12C[C@@H](O)C(C)(O1)[C@H]1C(=O)N(c3ccc(C#N)c(C(F)(F)F)c3)C(=O)[C@H]12.[C-]#[N+]c1ccc(N2C(=O)[C@@H]3[C@H](C2=O)C2(C)C[C@H](O)C3(C)O2)cc1C. The lowest BCUT2D eigenvalue weighted by atomic mass is 9.67. The van der Waals surface area contributed by atoms with Crippen molar-refractivity contribution in [2.75, 3.05) is 9.80 Å². The number of aliphatic hydroxyl groups is 2. The highest BCUT2D eigenvalue weighted by Gasteiger charge is 2.77. The fourth-order valence-corrected chi connectivity index (χ4v) is 9.46. The second-order valence-electron chi connectivity index (χ2n) is 15.0. The lowest BCUT2D eigenvalue weighted by Gasteiger charge is -2.31. The normalized spacial score (nSPS) is 38.8. The van der Waals surface area contributed by atoms with Crippen molar-refractivity contribution in [3.63, 3.8) is 0 Å². The molecule has 12 nitrogen and oxygen atoms in total. The first-order valence-electron chi connectivity index (χ1n) is 16.3. The Labute approximate surface area is 290 Å². The minimum absolute atomic E-state index is 0.165. The molecule has 6 fully saturated rings. The number of nitriles is 1. The van der Waals surface area contributed by atoms with Gasteiger partial charge >= 0.3 is 6.18 Å². The van der Waals surface area contributed by atoms with Crippen molar-refractivity contribution < 1.29 is 52.0 Å². The van der Waals surface area contributed by atoms with Crippen LogP contribution in [0.1, 0.15) is 57.2 Å². The van der Waals surface area contributed by atoms with Gasteiger partial charge in [-0.25, -0.2) is 14.6 Å². The molecule has 0 saturated carbocycles. The van der Waals surface area contributed by atoms with Crippen molar-refractivity contribution in [3.05, 3.63) is 64.5 Å². The topological polar surface area (TPSA) is 162 Å². The van der Waals surface area contributed by atoms with Crippen LogP contribution in [-0.4, -0.2) is 68.5 Å². The summed E-state index contributed by atoms with van der Waals surface area (Å²) in [6.07, 6.45) is -6.00. The highest BCUT2D eigenvalue weighted by atomic mass is 19.4. The summed E-state index contributed by atoms with van der Waals surface area (Å²) < 4.78 is 51.5. The number of aryl methyl sites for hydroxylation is 1. The third-order valence-electron chi connectivity index (χ3n) is 11.8. The number of halogens is 3. The molecule has 0 aliphatic carbocycles. The predicted octanol–water partition coefficient (Wildman–Crippen LogP) is 3.96. The molecule has 8 rings (SSSR count). The number of nitrogens with zero attached hydrogens (tertiary/aromatic N) is 4. The van der Waals surface area contributed by atoms with Crippen LogP contribution in [-0.2, 0) is 34.8 Å². The molecule has 4 amide bonds. The smallest absolute Gasteiger partial charge is 0.390 e. The zero-order valence-electron chi connectivity index (χ0n) is 28.1. The van der Waals surface area contributed by atoms with Crippen LogP contribution in [0.25, 0.3) is 4.85 Å². The van der Waals surface area contributed by atoms with Crippen molar-refractivity contribution in [1.29, 1.82) is 5.26 Å². The molecule has 6 aliphatic rings. The predicted molar refractivity (Wildman–Crippen MR) is 170 cm³/mol. The number of imide groups is 2. The number of carbonyl (C=O) groups is 4. The Balaban J connectivity index is 0.000000160. The summed E-state index contributed by atoms with van der Waals surface area (Å²) in [6, 6.07) is 9.12. The molecule has 51 heavy (non-hydrogen) atoms. The first kappa shape index (κ1) is 34.8. The number of rotatable bonds is 2. The molecular formula is C36H33F3N4O8. The van der Waals surface area contributed by atoms with Crippen LogP contribution in [0.4, 0.5) is 30.2 Å². The number of fused-ring (bicyclic) bond motifs is 10. The van der Waals surface area contributed by atoms with E-state index in [1.165, 1.54) is 11.0 Å². The molecule has 6 heterocycles. The number of hydrogen-bond acceptors (Lipinski definition) is 9. The summed E-state index contributed by atoms with van der Waals surface area (Å²) in [5.74, 6) is -5.04. The monoisotopic (exact) mass is 706 g/mol. The lowest BCUT2D eigenvalue weighted by molar-refractivity contribution is -0.138. The second kappa shape index (κ2) is 10.7. The summed E-state index contributed by atoms with van der Waals surface area (Å²) in [6.45, 7) is 15.6. The minimum Gasteiger partial charge on any atom is -0.390 e. The molecule has 4 unspecified atom stereocenters. The van der Waals surface area contributed by atoms with E-state index >= 15 is 0 Å². The average molecular weight is 707 g/mol. The molecule has 4 bridgehead atoms. The van der Waals surface area contributed by atoms with Crippen LogP contribution in [0, 0.1) is 48.5 Å². The van der Waals surface area contributed by atoms with Crippen LogP contribution in [0.3, 0.4) is 0 Å². The Kier molecular flexibility index (Phi) is 7.28. The molecular weight excluding hydrogens is 673 g/mol. The van der Waals surface area contributed by atoms with Crippen molar-refractivity contribution in [1.82, 2.24) is 0 Å². The van der Waals surface area contributed by atoms with Gasteiger partial charge < -0.3 is 19.7 Å². The number of hydrogen-bond donors (Lipinski definition) is 2. The second-order valence-corrected chi connectivity index (χ2v) is 15.0. The van der Waals surface area contributed by atoms with Gasteiger partial charge in [-0.1, -0.05) is 6.07 Å². The molecule has 6 aliphatic heterocycles. The Morgan fingerprint density at radius 2 is 1.24 bits per heavy atom. The number of ether oxygens (including phenoxy) is 2. The minimum atomic E-state index is -4.81. The van der Waals surface area contributed by atoms with E-state index in [0.29, 0.717) is 23.9 Å². The zero-order chi connectivity index (χ0) is 37.4. The van der Waals surface area contributed by atoms with Gasteiger partial charge in [0.25, 0.3) is 0 Å². The number of alkyl halides is 3. The maximum absolute atomic E-state index is 13.2. The van der Waals surface area contributed by atoms with Gasteiger partial charge in [-0.2, -0.15) is 18.4 Å². The fraction of sp³-hybridized carbons (Fsp3) is 0.500. The third-order valence-corrected chi connectivity index (χ3v) is 11.8. The summed E-state index contributed by atoms with van der Waals surface area (Å²) >= 11 is 0. The highest BCUT2D eigenvalue weighted by Crippen LogP contribution is 2.62. The standard InChI is InChI=1S/C18H15F3N2O4.C18H18N2O4/c1-16-6-11(24)17(2,27-16)13-12(16)14(25)23(15(13)26)9-4-3-8(7-22)10(5-9)18(19,20)21;1-9-7-10(5-6-11(9)19-4)20-15(22)13-14(16(20)23)18(3)12(21)8-17(13,2)24-18/h3-5,11-13,24H,6H2,1-2H3;5-7,12-14,21H,8H2,1-3H3/t11-,12+,13-,16?,17?;12-,13+,14-,17?,18?/m10/s1. The van der Waals surface area contributed by atoms with Gasteiger partial charge in [0.15, 0.2) is 5.69 Å². The van der Waals surface area contributed by atoms with Crippen LogP contribution >= 0.6 is 0 Å². The average Bonchev–Trinajstić information content (AvgIpc) is 3.77. The summed E-state index contributed by atoms with van der Waals surface area (Å²) in [5.41, 5.74) is -4.51. The van der Waals surface area contributed by atoms with Crippen LogP contribution in [0.15, 0.2) is 36.4 Å². The lowest BCUT2D eigenvalue weighted by Crippen LogP contribution is -2.49. The van der Waals surface area contributed by atoms with E-state index < -0.39 is 87.4 Å². The fourth-order valence-electron chi connectivity index (χ4n) is 9.46. The Bertz CT molecular complexity index is 2040. The van der Waals surface area contributed by atoms with Gasteiger partial charge in [0.05, 0.1) is 76.5 Å². The van der Waals surface area contributed by atoms with Gasteiger partial charge in [-0.15, -0.1) is 0 Å². The Morgan fingerprint density at radius 3 is 1.65 bits per heavy atom. The maximum Gasteiger partial charge on any atom is 0.417 e. The van der Waals surface area contributed by atoms with E-state index in [-0.39, 0.29) is 23.9 Å². The summed E-state index contributed by atoms with van der Waals surface area (Å²) in [7, 11) is 0. The van der Waals surface area contributed by atoms with Crippen molar-refractivity contribution >= 4 is 40.7 Å². The zero-order valence-corrected chi connectivity index (χ0v) is 28.1. The molecule has 15 heteroatoms. The van der Waals surface area contributed by atoms with Gasteiger partial charge in [-0.05, 0) is 70.5 Å². The number of anilines is 2. The van der Waals surface area contributed by atoms with E-state index in [0.717, 1.165) is 22.6 Å². The largest absolute Gasteiger partial charge is 0.417 e. The molecule has 2 N–H and O–H groups in total. The molecule has 10 atom stereocenters. The molecule has 6 saturated heterocycles. The highest BCUT2D eigenvalue weighted by molar-refractivity contribution is 6.24. The molecule has 2 aromatic rings. The quantitative estimate of drug-likeness (QED) is 0.348. The van der Waals surface area contributed by atoms with E-state index in [4.69, 9.17) is 21.3 Å². The number of amides is 4. The van der Waals surface area contributed by atoms with Gasteiger partial charge in [0, 0.05) is 18.5 Å². The van der Waals surface area contributed by atoms with E-state index in [9.17, 15) is 42.6 Å². The van der Waals surface area contributed by atoms with Crippen molar-refractivity contribution in [3.8, 4) is 6.07 Å². The summed E-state index contributed by atoms with van der Waals surface area (Å²) in [5, 5.41) is 29.5. The number of benzene rings is 2. The van der Waals surface area contributed by atoms with Crippen LogP contribution < -0.4 is 9.80 Å². The third kappa shape index (κ3) is 4.51. The summed E-state index contributed by atoms with van der Waals surface area (Å²) in [4.78, 5) is 57.2. The first-order valence-corrected chi connectivity index (χ1v) is 16.3. The first-order chi connectivity index (χ1) is 23.7. The molecule has 0 spiro atoms. The van der Waals surface area contributed by atoms with Crippen LogP contribution in [0.2, 0.25) is 0 Å². The molecule has 2 aromatic carbocycles. The van der Waals surface area contributed by atoms with Crippen molar-refractivity contribution in [2.45, 2.75) is 88.2 Å². The van der Waals surface area contributed by atoms with E-state index in [1.54, 1.807) is 52.8 Å². The van der Waals surface area contributed by atoms with E-state index in [2.05, 4.69) is 4.85 Å². The van der Waals surface area contributed by atoms with E-state index in [1.807, 2.05) is 0 Å². The molecule has 266 valence electrons. The van der Waals surface area contributed by atoms with Gasteiger partial charge in [0.1, 0.15) is 11.2 Å². The maximum atomic E-state index is 13.2. The Hall–Kier alpha value is -4.67.